The van der Waals surface area contributed by atoms with Crippen LogP contribution < -0.4 is 5.32 Å². The average molecular weight is 415 g/mol. The normalized spacial score (nSPS) is 10.4. The Morgan fingerprint density at radius 3 is 2.06 bits per heavy atom. The minimum atomic E-state index is -0.663. The van der Waals surface area contributed by atoms with Crippen molar-refractivity contribution in [1.82, 2.24) is 5.32 Å². The predicted octanol–water partition coefficient (Wildman–Crippen LogP) is 4.43. The third-order valence-corrected chi connectivity index (χ3v) is 5.15. The molecule has 0 unspecified atom stereocenters. The summed E-state index contributed by atoms with van der Waals surface area (Å²) in [4.78, 5) is 36.6. The molecule has 3 aromatic carbocycles. The van der Waals surface area contributed by atoms with Crippen molar-refractivity contribution in [1.29, 1.82) is 0 Å². The molecular weight excluding hydrogens is 390 g/mol. The van der Waals surface area contributed by atoms with E-state index in [2.05, 4.69) is 5.32 Å². The van der Waals surface area contributed by atoms with Gasteiger partial charge in [0.15, 0.2) is 6.61 Å². The molecule has 3 rings (SSSR count). The van der Waals surface area contributed by atoms with Gasteiger partial charge >= 0.3 is 5.97 Å². The number of carbonyl (C=O) groups excluding carboxylic acids is 3. The molecule has 5 nitrogen and oxygen atoms in total. The minimum Gasteiger partial charge on any atom is -0.456 e. The summed E-state index contributed by atoms with van der Waals surface area (Å²) in [5.74, 6) is -1.31. The van der Waals surface area contributed by atoms with Crippen molar-refractivity contribution in [3.8, 4) is 11.1 Å². The zero-order valence-electron chi connectivity index (χ0n) is 17.9. The number of aryl methyl sites for hydroxylation is 3. The van der Waals surface area contributed by atoms with Crippen LogP contribution in [0.25, 0.3) is 11.1 Å². The van der Waals surface area contributed by atoms with E-state index in [1.54, 1.807) is 12.1 Å². The molecular formula is C26H25NO4. The molecule has 31 heavy (non-hydrogen) atoms. The van der Waals surface area contributed by atoms with E-state index in [1.807, 2.05) is 75.4 Å². The quantitative estimate of drug-likeness (QED) is 0.458. The van der Waals surface area contributed by atoms with E-state index in [9.17, 15) is 14.4 Å². The second-order valence-electron chi connectivity index (χ2n) is 7.46. The van der Waals surface area contributed by atoms with Crippen molar-refractivity contribution in [2.75, 3.05) is 13.2 Å². The summed E-state index contributed by atoms with van der Waals surface area (Å²) < 4.78 is 5.04. The van der Waals surface area contributed by atoms with Gasteiger partial charge in [-0.05, 0) is 66.8 Å². The maximum absolute atomic E-state index is 12.4. The maximum Gasteiger partial charge on any atom is 0.325 e. The van der Waals surface area contributed by atoms with Crippen molar-refractivity contribution < 1.29 is 19.1 Å². The molecule has 1 N–H and O–H groups in total. The van der Waals surface area contributed by atoms with Gasteiger partial charge in [-0.3, -0.25) is 14.4 Å². The van der Waals surface area contributed by atoms with Crippen LogP contribution in [0, 0.1) is 20.8 Å². The van der Waals surface area contributed by atoms with Crippen LogP contribution >= 0.6 is 0 Å². The lowest BCUT2D eigenvalue weighted by molar-refractivity contribution is -0.141. The standard InChI is InChI=1S/C26H25NO4/c1-17-13-19(3)23(14-18(17)2)24(28)16-31-25(29)15-27-26(30)22-11-9-21(10-12-22)20-7-5-4-6-8-20/h4-14H,15-16H2,1-3H3,(H,27,30). The second-order valence-corrected chi connectivity index (χ2v) is 7.46. The third-order valence-electron chi connectivity index (χ3n) is 5.15. The molecule has 0 heterocycles. The molecule has 0 bridgehead atoms. The molecule has 1 amide bonds. The number of nitrogens with one attached hydrogen (secondary N) is 1. The molecule has 0 aliphatic heterocycles. The number of Topliss-reactive ketones (excluding diaryl/α,β-unsaturated/α-hetero) is 1. The fourth-order valence-corrected chi connectivity index (χ4v) is 3.23. The average Bonchev–Trinajstić information content (AvgIpc) is 2.79. The van der Waals surface area contributed by atoms with E-state index in [0.717, 1.165) is 27.8 Å². The number of rotatable bonds is 7. The highest BCUT2D eigenvalue weighted by molar-refractivity contribution is 6.00. The second kappa shape index (κ2) is 9.85. The molecule has 0 radical (unpaired) electrons. The molecule has 0 aliphatic carbocycles. The first-order valence-electron chi connectivity index (χ1n) is 10.1. The van der Waals surface area contributed by atoms with Gasteiger partial charge in [-0.25, -0.2) is 0 Å². The zero-order valence-corrected chi connectivity index (χ0v) is 17.9. The number of ketones is 1. The number of hydrogen-bond acceptors (Lipinski definition) is 4. The van der Waals surface area contributed by atoms with Crippen LogP contribution in [0.15, 0.2) is 66.7 Å². The summed E-state index contributed by atoms with van der Waals surface area (Å²) >= 11 is 0. The van der Waals surface area contributed by atoms with E-state index in [4.69, 9.17) is 4.74 Å². The van der Waals surface area contributed by atoms with Crippen molar-refractivity contribution in [2.45, 2.75) is 20.8 Å². The van der Waals surface area contributed by atoms with Crippen LogP contribution in [0.4, 0.5) is 0 Å². The molecule has 3 aromatic rings. The molecule has 0 aliphatic rings. The van der Waals surface area contributed by atoms with Crippen LogP contribution in [-0.2, 0) is 9.53 Å². The first-order valence-corrected chi connectivity index (χ1v) is 10.1. The highest BCUT2D eigenvalue weighted by Crippen LogP contribution is 2.19. The van der Waals surface area contributed by atoms with E-state index in [-0.39, 0.29) is 24.8 Å². The molecule has 0 saturated carbocycles. The predicted molar refractivity (Wildman–Crippen MR) is 120 cm³/mol. The van der Waals surface area contributed by atoms with Crippen LogP contribution in [-0.4, -0.2) is 30.8 Å². The minimum absolute atomic E-state index is 0.267. The van der Waals surface area contributed by atoms with Crippen LogP contribution in [0.3, 0.4) is 0 Å². The summed E-state index contributed by atoms with van der Waals surface area (Å²) in [5.41, 5.74) is 5.99. The summed E-state index contributed by atoms with van der Waals surface area (Å²) in [6, 6.07) is 20.7. The van der Waals surface area contributed by atoms with Crippen molar-refractivity contribution in [3.05, 3.63) is 94.5 Å². The van der Waals surface area contributed by atoms with Crippen molar-refractivity contribution >= 4 is 17.7 Å². The first-order chi connectivity index (χ1) is 14.8. The smallest absolute Gasteiger partial charge is 0.325 e. The molecule has 5 heteroatoms. The number of carbonyl (C=O) groups is 3. The van der Waals surface area contributed by atoms with E-state index in [0.29, 0.717) is 11.1 Å². The lowest BCUT2D eigenvalue weighted by atomic mass is 9.98. The molecule has 158 valence electrons. The Bertz CT molecular complexity index is 1100. The molecule has 0 saturated heterocycles. The van der Waals surface area contributed by atoms with Gasteiger partial charge in [-0.2, -0.15) is 0 Å². The Hall–Kier alpha value is -3.73. The first kappa shape index (κ1) is 22.0. The number of benzene rings is 3. The van der Waals surface area contributed by atoms with Crippen LogP contribution in [0.2, 0.25) is 0 Å². The number of amides is 1. The molecule has 0 spiro atoms. The SMILES string of the molecule is Cc1cc(C)c(C(=O)COC(=O)CNC(=O)c2ccc(-c3ccccc3)cc2)cc1C. The van der Waals surface area contributed by atoms with Gasteiger partial charge in [0.25, 0.3) is 5.91 Å². The Labute approximate surface area is 182 Å². The fraction of sp³-hybridized carbons (Fsp3) is 0.192. The lowest BCUT2D eigenvalue weighted by Gasteiger charge is -2.10. The Morgan fingerprint density at radius 1 is 0.774 bits per heavy atom. The van der Waals surface area contributed by atoms with Crippen LogP contribution in [0.5, 0.6) is 0 Å². The van der Waals surface area contributed by atoms with E-state index >= 15 is 0 Å². The molecule has 0 fully saturated rings. The van der Waals surface area contributed by atoms with Gasteiger partial charge in [0, 0.05) is 11.1 Å². The monoisotopic (exact) mass is 415 g/mol. The molecule has 0 atom stereocenters. The van der Waals surface area contributed by atoms with Gasteiger partial charge in [0.1, 0.15) is 6.54 Å². The van der Waals surface area contributed by atoms with Gasteiger partial charge in [-0.1, -0.05) is 48.5 Å². The summed E-state index contributed by atoms with van der Waals surface area (Å²) in [6.07, 6.45) is 0. The Balaban J connectivity index is 1.50. The van der Waals surface area contributed by atoms with E-state index in [1.165, 1.54) is 0 Å². The number of ether oxygens (including phenoxy) is 1. The maximum atomic E-state index is 12.4. The highest BCUT2D eigenvalue weighted by atomic mass is 16.5. The van der Waals surface area contributed by atoms with Crippen molar-refractivity contribution in [2.24, 2.45) is 0 Å². The van der Waals surface area contributed by atoms with Crippen LogP contribution in [0.1, 0.15) is 37.4 Å². The van der Waals surface area contributed by atoms with Gasteiger partial charge in [-0.15, -0.1) is 0 Å². The third kappa shape index (κ3) is 5.66. The number of hydrogen-bond donors (Lipinski definition) is 1. The largest absolute Gasteiger partial charge is 0.456 e. The zero-order chi connectivity index (χ0) is 22.4. The topological polar surface area (TPSA) is 72.5 Å². The van der Waals surface area contributed by atoms with E-state index < -0.39 is 5.97 Å². The summed E-state index contributed by atoms with van der Waals surface area (Å²) in [5, 5.41) is 2.52. The molecule has 0 aromatic heterocycles. The highest BCUT2D eigenvalue weighted by Gasteiger charge is 2.14. The number of esters is 1. The fourth-order valence-electron chi connectivity index (χ4n) is 3.23. The Kier molecular flexibility index (Phi) is 6.98. The van der Waals surface area contributed by atoms with Gasteiger partial charge < -0.3 is 10.1 Å². The Morgan fingerprint density at radius 2 is 1.39 bits per heavy atom. The van der Waals surface area contributed by atoms with Gasteiger partial charge in [0.05, 0.1) is 0 Å². The summed E-state index contributed by atoms with van der Waals surface area (Å²) in [6.45, 7) is 5.10. The van der Waals surface area contributed by atoms with Gasteiger partial charge in [0.2, 0.25) is 5.78 Å². The summed E-state index contributed by atoms with van der Waals surface area (Å²) in [7, 11) is 0. The van der Waals surface area contributed by atoms with Crippen molar-refractivity contribution in [3.63, 3.8) is 0 Å². The lowest BCUT2D eigenvalue weighted by Crippen LogP contribution is -2.31.